The second-order valence-electron chi connectivity index (χ2n) is 6.92. The van der Waals surface area contributed by atoms with E-state index < -0.39 is 0 Å². The molecule has 0 bridgehead atoms. The fraction of sp³-hybridized carbons (Fsp3) is 0.125. The highest BCUT2D eigenvalue weighted by atomic mass is 32.2. The summed E-state index contributed by atoms with van der Waals surface area (Å²) in [7, 11) is 3.29. The summed E-state index contributed by atoms with van der Waals surface area (Å²) in [6.45, 7) is 0. The molecule has 144 valence electrons. The van der Waals surface area contributed by atoms with Gasteiger partial charge in [-0.05, 0) is 47.4 Å². The predicted octanol–water partition coefficient (Wildman–Crippen LogP) is 5.51. The number of methoxy groups -OCH3 is 2. The van der Waals surface area contributed by atoms with E-state index in [4.69, 9.17) is 9.47 Å². The highest BCUT2D eigenvalue weighted by Gasteiger charge is 2.27. The highest BCUT2D eigenvalue weighted by molar-refractivity contribution is 8.02. The van der Waals surface area contributed by atoms with E-state index in [0.717, 1.165) is 50.0 Å². The molecule has 0 saturated heterocycles. The molecule has 1 atom stereocenters. The minimum Gasteiger partial charge on any atom is -0.497 e. The zero-order valence-corrected chi connectivity index (χ0v) is 16.9. The van der Waals surface area contributed by atoms with Gasteiger partial charge in [-0.2, -0.15) is 0 Å². The van der Waals surface area contributed by atoms with Crippen LogP contribution in [0.25, 0.3) is 27.9 Å². The second kappa shape index (κ2) is 7.01. The molecule has 0 spiro atoms. The topological polar surface area (TPSA) is 51.3 Å². The van der Waals surface area contributed by atoms with Crippen LogP contribution in [0.15, 0.2) is 64.8 Å². The molecule has 0 aliphatic carbocycles. The number of aromatic nitrogens is 1. The molecule has 2 heterocycles. The van der Waals surface area contributed by atoms with Gasteiger partial charge in [0.1, 0.15) is 11.5 Å². The van der Waals surface area contributed by atoms with E-state index in [0.29, 0.717) is 0 Å². The normalized spacial score (nSPS) is 15.4. The molecule has 1 aliphatic rings. The summed E-state index contributed by atoms with van der Waals surface area (Å²) < 4.78 is 11.0. The molecule has 29 heavy (non-hydrogen) atoms. The molecule has 0 amide bonds. The zero-order chi connectivity index (χ0) is 20.0. The fourth-order valence-corrected chi connectivity index (χ4v) is 5.10. The Kier molecular flexibility index (Phi) is 4.32. The van der Waals surface area contributed by atoms with Gasteiger partial charge in [0.2, 0.25) is 0 Å². The van der Waals surface area contributed by atoms with Crippen molar-refractivity contribution < 1.29 is 9.47 Å². The van der Waals surface area contributed by atoms with Crippen LogP contribution in [-0.2, 0) is 0 Å². The molecular weight excluding hydrogens is 382 g/mol. The number of aromatic amines is 1. The Morgan fingerprint density at radius 1 is 0.966 bits per heavy atom. The number of nitrogens with one attached hydrogen (secondary N) is 1. The number of rotatable bonds is 3. The number of thioether (sulfide) groups is 1. The Morgan fingerprint density at radius 3 is 2.66 bits per heavy atom. The fourth-order valence-electron chi connectivity index (χ4n) is 4.01. The van der Waals surface area contributed by atoms with Crippen LogP contribution in [0.4, 0.5) is 0 Å². The van der Waals surface area contributed by atoms with Crippen LogP contribution in [0, 0.1) is 0 Å². The van der Waals surface area contributed by atoms with Crippen molar-refractivity contribution in [1.29, 1.82) is 0 Å². The lowest BCUT2D eigenvalue weighted by molar-refractivity contribution is 0.399. The largest absolute Gasteiger partial charge is 0.497 e. The third-order valence-corrected chi connectivity index (χ3v) is 6.45. The van der Waals surface area contributed by atoms with E-state index in [1.165, 1.54) is 0 Å². The van der Waals surface area contributed by atoms with Crippen molar-refractivity contribution >= 4 is 39.6 Å². The van der Waals surface area contributed by atoms with Crippen molar-refractivity contribution in [2.24, 2.45) is 0 Å². The molecular formula is C24H19NO3S. The van der Waals surface area contributed by atoms with Gasteiger partial charge in [0, 0.05) is 22.0 Å². The number of H-pyrrole nitrogens is 1. The summed E-state index contributed by atoms with van der Waals surface area (Å²) in [5.41, 5.74) is 4.48. The van der Waals surface area contributed by atoms with Gasteiger partial charge in [0.25, 0.3) is 0 Å². The molecule has 0 saturated carbocycles. The van der Waals surface area contributed by atoms with E-state index in [9.17, 15) is 4.79 Å². The first-order chi connectivity index (χ1) is 14.2. The maximum atomic E-state index is 13.8. The molecule has 5 rings (SSSR count). The lowest BCUT2D eigenvalue weighted by Crippen LogP contribution is -2.14. The highest BCUT2D eigenvalue weighted by Crippen LogP contribution is 2.45. The van der Waals surface area contributed by atoms with Crippen molar-refractivity contribution in [3.8, 4) is 11.5 Å². The van der Waals surface area contributed by atoms with Crippen LogP contribution in [-0.4, -0.2) is 19.2 Å². The second-order valence-corrected chi connectivity index (χ2v) is 7.93. The average molecular weight is 401 g/mol. The van der Waals surface area contributed by atoms with Crippen LogP contribution in [0.2, 0.25) is 0 Å². The van der Waals surface area contributed by atoms with Gasteiger partial charge in [-0.1, -0.05) is 24.3 Å². The molecule has 4 nitrogen and oxygen atoms in total. The zero-order valence-electron chi connectivity index (χ0n) is 16.1. The van der Waals surface area contributed by atoms with Gasteiger partial charge in [-0.25, -0.2) is 0 Å². The van der Waals surface area contributed by atoms with Crippen molar-refractivity contribution in [3.05, 3.63) is 86.9 Å². The number of para-hydroxylation sites is 1. The van der Waals surface area contributed by atoms with Crippen LogP contribution in [0.5, 0.6) is 11.5 Å². The Hall–Kier alpha value is -3.18. The Bertz CT molecular complexity index is 1340. The van der Waals surface area contributed by atoms with Crippen molar-refractivity contribution in [3.63, 3.8) is 0 Å². The maximum Gasteiger partial charge on any atom is 0.193 e. The van der Waals surface area contributed by atoms with E-state index >= 15 is 0 Å². The number of fused-ring (bicyclic) bond motifs is 4. The Labute approximate surface area is 172 Å². The molecule has 1 unspecified atom stereocenters. The lowest BCUT2D eigenvalue weighted by Gasteiger charge is -2.22. The molecule has 5 heteroatoms. The van der Waals surface area contributed by atoms with Crippen molar-refractivity contribution in [2.75, 3.05) is 14.2 Å². The number of hydrogen-bond donors (Lipinski definition) is 1. The number of hydrogen-bond acceptors (Lipinski definition) is 4. The first-order valence-electron chi connectivity index (χ1n) is 9.33. The summed E-state index contributed by atoms with van der Waals surface area (Å²) in [5.74, 6) is 1.48. The van der Waals surface area contributed by atoms with Crippen molar-refractivity contribution in [2.45, 2.75) is 5.25 Å². The molecule has 0 radical (unpaired) electrons. The van der Waals surface area contributed by atoms with Crippen LogP contribution in [0.1, 0.15) is 21.9 Å². The van der Waals surface area contributed by atoms with Crippen LogP contribution in [0.3, 0.4) is 0 Å². The average Bonchev–Trinajstić information content (AvgIpc) is 3.08. The Balaban J connectivity index is 1.85. The molecule has 4 aromatic rings. The van der Waals surface area contributed by atoms with E-state index in [1.807, 2.05) is 66.1 Å². The van der Waals surface area contributed by atoms with Gasteiger partial charge in [-0.3, -0.25) is 4.79 Å². The molecule has 1 aliphatic heterocycles. The minimum absolute atomic E-state index is 0.0455. The number of ether oxygens (including phenoxy) is 2. The van der Waals surface area contributed by atoms with E-state index in [1.54, 1.807) is 26.0 Å². The predicted molar refractivity (Wildman–Crippen MR) is 120 cm³/mol. The smallest absolute Gasteiger partial charge is 0.193 e. The third-order valence-electron chi connectivity index (χ3n) is 5.39. The van der Waals surface area contributed by atoms with Gasteiger partial charge >= 0.3 is 0 Å². The standard InChI is InChI=1S/C24H19NO3S/c1-27-15-8-10-20(28-2)17(13-15)24-21-14(11-12-29-24)7-9-19-22(23(21)26)16-5-3-4-6-18(16)25-19/h3-13,24-25H,1-2H3. The maximum absolute atomic E-state index is 13.8. The van der Waals surface area contributed by atoms with Gasteiger partial charge in [0.15, 0.2) is 5.43 Å². The quantitative estimate of drug-likeness (QED) is 0.492. The molecule has 0 fully saturated rings. The summed E-state index contributed by atoms with van der Waals surface area (Å²) in [6.07, 6.45) is 2.01. The number of benzene rings is 2. The van der Waals surface area contributed by atoms with Crippen molar-refractivity contribution in [1.82, 2.24) is 4.98 Å². The summed E-state index contributed by atoms with van der Waals surface area (Å²) in [4.78, 5) is 17.2. The summed E-state index contributed by atoms with van der Waals surface area (Å²) in [6, 6.07) is 17.7. The Morgan fingerprint density at radius 2 is 1.83 bits per heavy atom. The van der Waals surface area contributed by atoms with Crippen LogP contribution < -0.4 is 14.9 Å². The first-order valence-corrected chi connectivity index (χ1v) is 10.3. The van der Waals surface area contributed by atoms with Gasteiger partial charge < -0.3 is 14.5 Å². The van der Waals surface area contributed by atoms with Gasteiger partial charge in [0.05, 0.1) is 30.4 Å². The summed E-state index contributed by atoms with van der Waals surface area (Å²) in [5, 5.41) is 3.53. The van der Waals surface area contributed by atoms with E-state index in [-0.39, 0.29) is 10.7 Å². The molecule has 3 aromatic carbocycles. The molecule has 1 aromatic heterocycles. The van der Waals surface area contributed by atoms with Crippen LogP contribution >= 0.6 is 11.8 Å². The lowest BCUT2D eigenvalue weighted by atomic mass is 9.98. The summed E-state index contributed by atoms with van der Waals surface area (Å²) >= 11 is 1.61. The third kappa shape index (κ3) is 2.81. The van der Waals surface area contributed by atoms with E-state index in [2.05, 4.69) is 4.98 Å². The van der Waals surface area contributed by atoms with Gasteiger partial charge in [-0.15, -0.1) is 11.8 Å². The monoisotopic (exact) mass is 401 g/mol. The first kappa shape index (κ1) is 17.9. The SMILES string of the molecule is COc1ccc(OC)c(C2SC=Cc3ccc4[nH]c5ccccc5c4c(=O)c32)c1. The minimum atomic E-state index is -0.184. The molecule has 1 N–H and O–H groups in total.